The SMILES string of the molecule is Cc1cc(C(NC2CC2)c2nc(C(C)C)cs2)ccc1Br. The van der Waals surface area contributed by atoms with E-state index in [2.05, 4.69) is 65.6 Å². The van der Waals surface area contributed by atoms with E-state index in [1.54, 1.807) is 11.3 Å². The molecule has 0 radical (unpaired) electrons. The largest absolute Gasteiger partial charge is 0.301 e. The van der Waals surface area contributed by atoms with Crippen LogP contribution in [-0.4, -0.2) is 11.0 Å². The topological polar surface area (TPSA) is 24.9 Å². The first-order valence-electron chi connectivity index (χ1n) is 7.52. The van der Waals surface area contributed by atoms with Crippen LogP contribution in [0.25, 0.3) is 0 Å². The van der Waals surface area contributed by atoms with Crippen LogP contribution < -0.4 is 5.32 Å². The van der Waals surface area contributed by atoms with Crippen LogP contribution in [0.1, 0.15) is 60.5 Å². The first kappa shape index (κ1) is 15.2. The molecular weight excluding hydrogens is 344 g/mol. The lowest BCUT2D eigenvalue weighted by molar-refractivity contribution is 0.595. The molecule has 1 unspecified atom stereocenters. The van der Waals surface area contributed by atoms with E-state index in [0.29, 0.717) is 12.0 Å². The molecule has 2 nitrogen and oxygen atoms in total. The maximum Gasteiger partial charge on any atom is 0.114 e. The minimum Gasteiger partial charge on any atom is -0.301 e. The van der Waals surface area contributed by atoms with E-state index >= 15 is 0 Å². The van der Waals surface area contributed by atoms with Crippen LogP contribution in [0, 0.1) is 6.92 Å². The van der Waals surface area contributed by atoms with Crippen molar-refractivity contribution in [1.82, 2.24) is 10.3 Å². The van der Waals surface area contributed by atoms with E-state index in [1.807, 2.05) is 0 Å². The highest BCUT2D eigenvalue weighted by Crippen LogP contribution is 2.33. The van der Waals surface area contributed by atoms with Crippen molar-refractivity contribution in [1.29, 1.82) is 0 Å². The number of nitrogens with one attached hydrogen (secondary N) is 1. The van der Waals surface area contributed by atoms with Crippen molar-refractivity contribution < 1.29 is 0 Å². The number of aromatic nitrogens is 1. The Bertz CT molecular complexity index is 631. The van der Waals surface area contributed by atoms with Gasteiger partial charge in [-0.15, -0.1) is 11.3 Å². The quantitative estimate of drug-likeness (QED) is 0.790. The summed E-state index contributed by atoms with van der Waals surface area (Å²) in [5.41, 5.74) is 3.79. The van der Waals surface area contributed by atoms with Gasteiger partial charge in [0.05, 0.1) is 11.7 Å². The number of thiazole rings is 1. The zero-order valence-corrected chi connectivity index (χ0v) is 15.1. The first-order chi connectivity index (χ1) is 10.0. The van der Waals surface area contributed by atoms with Crippen LogP contribution in [0.5, 0.6) is 0 Å². The van der Waals surface area contributed by atoms with Gasteiger partial charge in [-0.2, -0.15) is 0 Å². The molecule has 1 heterocycles. The Morgan fingerprint density at radius 3 is 2.67 bits per heavy atom. The Morgan fingerprint density at radius 1 is 1.33 bits per heavy atom. The van der Waals surface area contributed by atoms with Crippen molar-refractivity contribution >= 4 is 27.3 Å². The molecule has 1 fully saturated rings. The van der Waals surface area contributed by atoms with Gasteiger partial charge in [-0.1, -0.05) is 41.9 Å². The zero-order valence-electron chi connectivity index (χ0n) is 12.7. The van der Waals surface area contributed by atoms with Gasteiger partial charge in [0.2, 0.25) is 0 Å². The summed E-state index contributed by atoms with van der Waals surface area (Å²) in [5, 5.41) is 7.14. The highest BCUT2D eigenvalue weighted by molar-refractivity contribution is 9.10. The molecule has 112 valence electrons. The average Bonchev–Trinajstić information content (AvgIpc) is 3.13. The van der Waals surface area contributed by atoms with Gasteiger partial charge in [-0.3, -0.25) is 0 Å². The van der Waals surface area contributed by atoms with Crippen LogP contribution in [-0.2, 0) is 0 Å². The number of nitrogens with zero attached hydrogens (tertiary/aromatic N) is 1. The van der Waals surface area contributed by atoms with Crippen LogP contribution in [0.15, 0.2) is 28.1 Å². The number of hydrogen-bond donors (Lipinski definition) is 1. The van der Waals surface area contributed by atoms with E-state index in [4.69, 9.17) is 4.98 Å². The van der Waals surface area contributed by atoms with Gasteiger partial charge >= 0.3 is 0 Å². The molecule has 4 heteroatoms. The molecule has 1 N–H and O–H groups in total. The smallest absolute Gasteiger partial charge is 0.114 e. The van der Waals surface area contributed by atoms with Gasteiger partial charge in [0.15, 0.2) is 0 Å². The Kier molecular flexibility index (Phi) is 4.48. The Hall–Kier alpha value is -0.710. The van der Waals surface area contributed by atoms with E-state index in [1.165, 1.54) is 39.1 Å². The third-order valence-electron chi connectivity index (χ3n) is 3.87. The number of aryl methyl sites for hydroxylation is 1. The molecule has 1 aliphatic carbocycles. The maximum absolute atomic E-state index is 4.86. The average molecular weight is 365 g/mol. The summed E-state index contributed by atoms with van der Waals surface area (Å²) in [4.78, 5) is 4.86. The van der Waals surface area contributed by atoms with Gasteiger partial charge in [0.1, 0.15) is 5.01 Å². The van der Waals surface area contributed by atoms with Crippen LogP contribution in [0.2, 0.25) is 0 Å². The second-order valence-electron chi connectivity index (χ2n) is 6.15. The fourth-order valence-corrected chi connectivity index (χ4v) is 3.65. The summed E-state index contributed by atoms with van der Waals surface area (Å²) >= 11 is 5.36. The minimum absolute atomic E-state index is 0.224. The van der Waals surface area contributed by atoms with E-state index in [9.17, 15) is 0 Å². The molecule has 1 aliphatic rings. The van der Waals surface area contributed by atoms with Crippen molar-refractivity contribution in [3.8, 4) is 0 Å². The maximum atomic E-state index is 4.86. The van der Waals surface area contributed by atoms with Gasteiger partial charge in [0, 0.05) is 15.9 Å². The molecule has 1 aromatic carbocycles. The van der Waals surface area contributed by atoms with Crippen LogP contribution in [0.3, 0.4) is 0 Å². The van der Waals surface area contributed by atoms with E-state index in [-0.39, 0.29) is 6.04 Å². The normalized spacial score (nSPS) is 16.4. The molecular formula is C17H21BrN2S. The molecule has 0 bridgehead atoms. The molecule has 3 rings (SSSR count). The molecule has 2 aromatic rings. The molecule has 0 amide bonds. The first-order valence-corrected chi connectivity index (χ1v) is 9.19. The summed E-state index contributed by atoms with van der Waals surface area (Å²) in [6.45, 7) is 6.54. The summed E-state index contributed by atoms with van der Waals surface area (Å²) in [6.07, 6.45) is 2.57. The minimum atomic E-state index is 0.224. The van der Waals surface area contributed by atoms with Crippen molar-refractivity contribution in [2.45, 2.75) is 51.6 Å². The fraction of sp³-hybridized carbons (Fsp3) is 0.471. The highest BCUT2D eigenvalue weighted by Gasteiger charge is 2.28. The lowest BCUT2D eigenvalue weighted by Gasteiger charge is -2.18. The second-order valence-corrected chi connectivity index (χ2v) is 7.89. The molecule has 1 atom stereocenters. The lowest BCUT2D eigenvalue weighted by Crippen LogP contribution is -2.24. The van der Waals surface area contributed by atoms with Crippen LogP contribution >= 0.6 is 27.3 Å². The molecule has 0 spiro atoms. The third-order valence-corrected chi connectivity index (χ3v) is 5.69. The fourth-order valence-electron chi connectivity index (χ4n) is 2.34. The second kappa shape index (κ2) is 6.19. The van der Waals surface area contributed by atoms with Crippen molar-refractivity contribution in [2.75, 3.05) is 0 Å². The molecule has 0 aliphatic heterocycles. The van der Waals surface area contributed by atoms with Gasteiger partial charge in [-0.25, -0.2) is 4.98 Å². The zero-order chi connectivity index (χ0) is 15.0. The molecule has 1 saturated carbocycles. The highest BCUT2D eigenvalue weighted by atomic mass is 79.9. The van der Waals surface area contributed by atoms with Crippen molar-refractivity contribution in [3.63, 3.8) is 0 Å². The Morgan fingerprint density at radius 2 is 2.10 bits per heavy atom. The van der Waals surface area contributed by atoms with Crippen molar-refractivity contribution in [2.24, 2.45) is 0 Å². The summed E-state index contributed by atoms with van der Waals surface area (Å²) < 4.78 is 1.17. The lowest BCUT2D eigenvalue weighted by atomic mass is 10.0. The van der Waals surface area contributed by atoms with Crippen LogP contribution in [0.4, 0.5) is 0 Å². The number of rotatable bonds is 5. The number of halogens is 1. The Labute approximate surface area is 139 Å². The molecule has 1 aromatic heterocycles. The summed E-state index contributed by atoms with van der Waals surface area (Å²) in [5.74, 6) is 0.489. The third kappa shape index (κ3) is 3.55. The van der Waals surface area contributed by atoms with E-state index in [0.717, 1.165) is 0 Å². The van der Waals surface area contributed by atoms with Gasteiger partial charge in [0.25, 0.3) is 0 Å². The standard InChI is InChI=1S/C17H21BrN2S/c1-10(2)15-9-21-17(20-15)16(19-13-5-6-13)12-4-7-14(18)11(3)8-12/h4,7-10,13,16,19H,5-6H2,1-3H3. The Balaban J connectivity index is 1.93. The van der Waals surface area contributed by atoms with Crippen molar-refractivity contribution in [3.05, 3.63) is 49.9 Å². The van der Waals surface area contributed by atoms with Gasteiger partial charge < -0.3 is 5.32 Å². The monoisotopic (exact) mass is 364 g/mol. The molecule has 21 heavy (non-hydrogen) atoms. The predicted molar refractivity (Wildman–Crippen MR) is 93.1 cm³/mol. The van der Waals surface area contributed by atoms with Gasteiger partial charge in [-0.05, 0) is 42.9 Å². The number of benzene rings is 1. The number of hydrogen-bond acceptors (Lipinski definition) is 3. The van der Waals surface area contributed by atoms with E-state index < -0.39 is 0 Å². The summed E-state index contributed by atoms with van der Waals surface area (Å²) in [7, 11) is 0. The summed E-state index contributed by atoms with van der Waals surface area (Å²) in [6, 6.07) is 7.49. The predicted octanol–water partition coefficient (Wildman–Crippen LogP) is 5.18. The molecule has 0 saturated heterocycles.